The van der Waals surface area contributed by atoms with Crippen molar-refractivity contribution in [3.63, 3.8) is 0 Å². The highest BCUT2D eigenvalue weighted by atomic mass is 32.2. The fraction of sp³-hybridized carbons (Fsp3) is 0.0588. The molecule has 1 amide bonds. The molecule has 3 aromatic rings. The number of anilines is 1. The van der Waals surface area contributed by atoms with Crippen LogP contribution in [0.5, 0.6) is 0 Å². The van der Waals surface area contributed by atoms with Crippen LogP contribution in [-0.2, 0) is 4.79 Å². The molecule has 0 bridgehead atoms. The van der Waals surface area contributed by atoms with E-state index in [1.54, 1.807) is 35.8 Å². The maximum absolute atomic E-state index is 14.0. The van der Waals surface area contributed by atoms with Gasteiger partial charge in [-0.3, -0.25) is 4.79 Å². The monoisotopic (exact) mass is 362 g/mol. The van der Waals surface area contributed by atoms with Gasteiger partial charge in [0.25, 0.3) is 0 Å². The Morgan fingerprint density at radius 1 is 1.17 bits per heavy atom. The molecule has 0 aliphatic heterocycles. The minimum absolute atomic E-state index is 0.0816. The first-order valence-corrected chi connectivity index (χ1v) is 8.76. The van der Waals surface area contributed by atoms with Crippen molar-refractivity contribution in [2.24, 2.45) is 0 Å². The van der Waals surface area contributed by atoms with Gasteiger partial charge in [-0.25, -0.2) is 13.8 Å². The first kappa shape index (κ1) is 16.6. The molecule has 1 N–H and O–H groups in total. The van der Waals surface area contributed by atoms with Crippen molar-refractivity contribution < 1.29 is 13.6 Å². The summed E-state index contributed by atoms with van der Waals surface area (Å²) in [7, 11) is 0. The van der Waals surface area contributed by atoms with E-state index in [0.717, 1.165) is 30.0 Å². The Morgan fingerprint density at radius 2 is 1.96 bits per heavy atom. The second kappa shape index (κ2) is 7.55. The van der Waals surface area contributed by atoms with Gasteiger partial charge in [-0.15, -0.1) is 23.1 Å². The zero-order chi connectivity index (χ0) is 16.9. The highest BCUT2D eigenvalue weighted by Gasteiger charge is 2.24. The van der Waals surface area contributed by atoms with Crippen molar-refractivity contribution in [2.75, 3.05) is 5.32 Å². The maximum atomic E-state index is 14.0. The number of rotatable bonds is 5. The molecular weight excluding hydrogens is 350 g/mol. The Balaban J connectivity index is 1.90. The maximum Gasteiger partial charge on any atom is 0.244 e. The number of thioether (sulfide) groups is 1. The quantitative estimate of drug-likeness (QED) is 0.657. The minimum Gasteiger partial charge on any atom is -0.301 e. The summed E-state index contributed by atoms with van der Waals surface area (Å²) in [5, 5.41) is 4.18. The van der Waals surface area contributed by atoms with Crippen LogP contribution in [0, 0.1) is 11.6 Å². The summed E-state index contributed by atoms with van der Waals surface area (Å²) in [5.41, 5.74) is 0.695. The van der Waals surface area contributed by atoms with E-state index in [1.807, 2.05) is 6.07 Å². The molecule has 0 aliphatic rings. The number of halogens is 2. The molecule has 1 aromatic heterocycles. The minimum atomic E-state index is -0.730. The lowest BCUT2D eigenvalue weighted by molar-refractivity contribution is -0.115. The van der Waals surface area contributed by atoms with Gasteiger partial charge in [0, 0.05) is 16.5 Å². The largest absolute Gasteiger partial charge is 0.301 e. The lowest BCUT2D eigenvalue weighted by Gasteiger charge is -2.16. The molecule has 3 rings (SSSR count). The Labute approximate surface area is 145 Å². The van der Waals surface area contributed by atoms with E-state index in [0.29, 0.717) is 10.7 Å². The molecule has 1 unspecified atom stereocenters. The van der Waals surface area contributed by atoms with Crippen LogP contribution in [0.4, 0.5) is 13.9 Å². The van der Waals surface area contributed by atoms with Gasteiger partial charge in [-0.2, -0.15) is 0 Å². The summed E-state index contributed by atoms with van der Waals surface area (Å²) in [4.78, 5) is 16.7. The van der Waals surface area contributed by atoms with Crippen LogP contribution in [0.1, 0.15) is 10.8 Å². The molecule has 0 aliphatic carbocycles. The van der Waals surface area contributed by atoms with Crippen molar-refractivity contribution >= 4 is 34.1 Å². The normalized spacial score (nSPS) is 11.9. The summed E-state index contributed by atoms with van der Waals surface area (Å²) in [5.74, 6) is -1.46. The van der Waals surface area contributed by atoms with Crippen molar-refractivity contribution in [3.05, 3.63) is 77.3 Å². The average molecular weight is 362 g/mol. The molecule has 7 heteroatoms. The third-order valence-electron chi connectivity index (χ3n) is 3.14. The molecule has 122 valence electrons. The molecule has 0 saturated carbocycles. The summed E-state index contributed by atoms with van der Waals surface area (Å²) in [6.45, 7) is 0. The van der Waals surface area contributed by atoms with Crippen LogP contribution in [-0.4, -0.2) is 10.9 Å². The number of thiazole rings is 1. The van der Waals surface area contributed by atoms with Crippen LogP contribution >= 0.6 is 23.1 Å². The fourth-order valence-corrected chi connectivity index (χ4v) is 3.66. The lowest BCUT2D eigenvalue weighted by atomic mass is 10.1. The fourth-order valence-electron chi connectivity index (χ4n) is 2.05. The van der Waals surface area contributed by atoms with Crippen molar-refractivity contribution in [2.45, 2.75) is 10.1 Å². The average Bonchev–Trinajstić information content (AvgIpc) is 3.09. The van der Waals surface area contributed by atoms with E-state index in [2.05, 4.69) is 10.3 Å². The van der Waals surface area contributed by atoms with Gasteiger partial charge in [0.2, 0.25) is 5.91 Å². The first-order valence-electron chi connectivity index (χ1n) is 7.00. The second-order valence-corrected chi connectivity index (χ2v) is 6.85. The summed E-state index contributed by atoms with van der Waals surface area (Å²) < 4.78 is 27.4. The van der Waals surface area contributed by atoms with E-state index in [-0.39, 0.29) is 10.8 Å². The van der Waals surface area contributed by atoms with Crippen LogP contribution < -0.4 is 5.32 Å². The van der Waals surface area contributed by atoms with Crippen molar-refractivity contribution in [1.82, 2.24) is 4.98 Å². The Bertz CT molecular complexity index is 826. The van der Waals surface area contributed by atoms with Gasteiger partial charge in [-0.05, 0) is 23.8 Å². The third-order valence-corrected chi connectivity index (χ3v) is 5.12. The predicted octanol–water partition coefficient (Wildman–Crippen LogP) is 4.89. The molecule has 0 fully saturated rings. The molecule has 0 saturated heterocycles. The van der Waals surface area contributed by atoms with E-state index < -0.39 is 16.9 Å². The zero-order valence-corrected chi connectivity index (χ0v) is 13.9. The zero-order valence-electron chi connectivity index (χ0n) is 12.3. The van der Waals surface area contributed by atoms with Crippen molar-refractivity contribution in [1.29, 1.82) is 0 Å². The standard InChI is InChI=1S/C17H12F2N2OS2/c18-12-6-7-13(19)14(10-12)24-15(11-4-2-1-3-5-11)16(22)21-17-20-8-9-23-17/h1-10,15H,(H,20,21,22). The van der Waals surface area contributed by atoms with Crippen LogP contribution in [0.25, 0.3) is 0 Å². The van der Waals surface area contributed by atoms with Crippen molar-refractivity contribution in [3.8, 4) is 0 Å². The van der Waals surface area contributed by atoms with Gasteiger partial charge in [0.15, 0.2) is 5.13 Å². The third kappa shape index (κ3) is 3.98. The Hall–Kier alpha value is -2.25. The molecule has 24 heavy (non-hydrogen) atoms. The number of hydrogen-bond donors (Lipinski definition) is 1. The second-order valence-electron chi connectivity index (χ2n) is 4.81. The number of amides is 1. The van der Waals surface area contributed by atoms with Crippen LogP contribution in [0.3, 0.4) is 0 Å². The molecule has 3 nitrogen and oxygen atoms in total. The van der Waals surface area contributed by atoms with Gasteiger partial charge in [-0.1, -0.05) is 30.3 Å². The van der Waals surface area contributed by atoms with Crippen LogP contribution in [0.2, 0.25) is 0 Å². The SMILES string of the molecule is O=C(Nc1nccs1)C(Sc1cc(F)ccc1F)c1ccccc1. The first-order chi connectivity index (χ1) is 11.6. The number of aromatic nitrogens is 1. The van der Waals surface area contributed by atoms with E-state index in [1.165, 1.54) is 11.3 Å². The van der Waals surface area contributed by atoms with E-state index in [4.69, 9.17) is 0 Å². The highest BCUT2D eigenvalue weighted by molar-refractivity contribution is 8.00. The van der Waals surface area contributed by atoms with E-state index in [9.17, 15) is 13.6 Å². The molecular formula is C17H12F2N2OS2. The number of nitrogens with one attached hydrogen (secondary N) is 1. The Morgan fingerprint density at radius 3 is 2.67 bits per heavy atom. The van der Waals surface area contributed by atoms with Gasteiger partial charge < -0.3 is 5.32 Å². The van der Waals surface area contributed by atoms with Gasteiger partial charge in [0.05, 0.1) is 0 Å². The number of carbonyl (C=O) groups excluding carboxylic acids is 1. The number of carbonyl (C=O) groups is 1. The van der Waals surface area contributed by atoms with E-state index >= 15 is 0 Å². The highest BCUT2D eigenvalue weighted by Crippen LogP contribution is 2.37. The molecule has 1 heterocycles. The summed E-state index contributed by atoms with van der Waals surface area (Å²) in [6, 6.07) is 12.2. The smallest absolute Gasteiger partial charge is 0.244 e. The molecule has 0 radical (unpaired) electrons. The summed E-state index contributed by atoms with van der Waals surface area (Å²) >= 11 is 2.25. The van der Waals surface area contributed by atoms with Crippen LogP contribution in [0.15, 0.2) is 65.0 Å². The molecule has 1 atom stereocenters. The summed E-state index contributed by atoms with van der Waals surface area (Å²) in [6.07, 6.45) is 1.58. The van der Waals surface area contributed by atoms with Gasteiger partial charge in [0.1, 0.15) is 16.9 Å². The molecule has 0 spiro atoms. The number of nitrogens with zero attached hydrogens (tertiary/aromatic N) is 1. The topological polar surface area (TPSA) is 42.0 Å². The Kier molecular flexibility index (Phi) is 5.22. The molecule has 2 aromatic carbocycles. The predicted molar refractivity (Wildman–Crippen MR) is 92.1 cm³/mol. The lowest BCUT2D eigenvalue weighted by Crippen LogP contribution is -2.19. The number of benzene rings is 2. The number of hydrogen-bond acceptors (Lipinski definition) is 4. The van der Waals surface area contributed by atoms with Gasteiger partial charge >= 0.3 is 0 Å².